The molecule has 102 valence electrons. The Hall–Kier alpha value is -1.06. The van der Waals surface area contributed by atoms with Gasteiger partial charge in [0.1, 0.15) is 0 Å². The van der Waals surface area contributed by atoms with Gasteiger partial charge in [0.25, 0.3) is 0 Å². The number of benzene rings is 1. The molecule has 0 saturated carbocycles. The highest BCUT2D eigenvalue weighted by atomic mass is 16.5. The van der Waals surface area contributed by atoms with Crippen LogP contribution < -0.4 is 10.2 Å². The second-order valence-corrected chi connectivity index (χ2v) is 4.79. The van der Waals surface area contributed by atoms with Crippen molar-refractivity contribution in [3.63, 3.8) is 0 Å². The van der Waals surface area contributed by atoms with E-state index >= 15 is 0 Å². The molecular weight excluding hydrogens is 224 g/mol. The molecule has 1 aromatic carbocycles. The zero-order valence-corrected chi connectivity index (χ0v) is 12.0. The number of ether oxygens (including phenoxy) is 1. The number of hydrogen-bond acceptors (Lipinski definition) is 3. The number of rotatable bonds is 8. The molecule has 0 saturated heterocycles. The van der Waals surface area contributed by atoms with Crippen molar-refractivity contribution >= 4 is 5.69 Å². The summed E-state index contributed by atoms with van der Waals surface area (Å²) in [6, 6.07) is 10.9. The average molecular weight is 250 g/mol. The molecule has 0 aliphatic heterocycles. The highest BCUT2D eigenvalue weighted by molar-refractivity contribution is 5.44. The molecular formula is C15H26N2O. The van der Waals surface area contributed by atoms with Crippen LogP contribution in [0.2, 0.25) is 0 Å². The lowest BCUT2D eigenvalue weighted by Gasteiger charge is -2.22. The van der Waals surface area contributed by atoms with Gasteiger partial charge in [-0.05, 0) is 38.9 Å². The van der Waals surface area contributed by atoms with Gasteiger partial charge in [-0.25, -0.2) is 0 Å². The summed E-state index contributed by atoms with van der Waals surface area (Å²) in [4.78, 5) is 2.28. The number of anilines is 1. The SMILES string of the molecule is COC(C)C(C)NCCCN(C)c1ccccc1. The molecule has 1 N–H and O–H groups in total. The zero-order valence-electron chi connectivity index (χ0n) is 12.0. The van der Waals surface area contributed by atoms with Crippen LogP contribution in [0, 0.1) is 0 Å². The zero-order chi connectivity index (χ0) is 13.4. The van der Waals surface area contributed by atoms with Crippen molar-refractivity contribution < 1.29 is 4.74 Å². The van der Waals surface area contributed by atoms with E-state index in [0.717, 1.165) is 19.5 Å². The number of hydrogen-bond donors (Lipinski definition) is 1. The smallest absolute Gasteiger partial charge is 0.0693 e. The van der Waals surface area contributed by atoms with Gasteiger partial charge in [-0.3, -0.25) is 0 Å². The van der Waals surface area contributed by atoms with E-state index in [9.17, 15) is 0 Å². The van der Waals surface area contributed by atoms with Crippen molar-refractivity contribution in [2.45, 2.75) is 32.4 Å². The minimum atomic E-state index is 0.261. The van der Waals surface area contributed by atoms with Crippen molar-refractivity contribution in [2.24, 2.45) is 0 Å². The van der Waals surface area contributed by atoms with Gasteiger partial charge in [-0.2, -0.15) is 0 Å². The van der Waals surface area contributed by atoms with Crippen LogP contribution in [-0.2, 0) is 4.74 Å². The summed E-state index contributed by atoms with van der Waals surface area (Å²) < 4.78 is 5.29. The first-order valence-corrected chi connectivity index (χ1v) is 6.67. The summed E-state index contributed by atoms with van der Waals surface area (Å²) in [6.45, 7) is 6.33. The Balaban J connectivity index is 2.18. The van der Waals surface area contributed by atoms with E-state index in [0.29, 0.717) is 6.04 Å². The molecule has 0 heterocycles. The van der Waals surface area contributed by atoms with E-state index in [1.54, 1.807) is 7.11 Å². The Morgan fingerprint density at radius 2 is 1.89 bits per heavy atom. The lowest BCUT2D eigenvalue weighted by Crippen LogP contribution is -2.38. The highest BCUT2D eigenvalue weighted by Crippen LogP contribution is 2.10. The van der Waals surface area contributed by atoms with Crippen LogP contribution in [-0.4, -0.2) is 39.4 Å². The normalized spacial score (nSPS) is 14.2. The quantitative estimate of drug-likeness (QED) is 0.718. The van der Waals surface area contributed by atoms with Gasteiger partial charge in [0, 0.05) is 32.4 Å². The van der Waals surface area contributed by atoms with E-state index in [1.165, 1.54) is 5.69 Å². The second-order valence-electron chi connectivity index (χ2n) is 4.79. The third kappa shape index (κ3) is 5.07. The molecule has 1 aromatic rings. The molecule has 1 rings (SSSR count). The van der Waals surface area contributed by atoms with Gasteiger partial charge >= 0.3 is 0 Å². The van der Waals surface area contributed by atoms with Crippen molar-refractivity contribution in [3.05, 3.63) is 30.3 Å². The first-order valence-electron chi connectivity index (χ1n) is 6.67. The van der Waals surface area contributed by atoms with E-state index in [2.05, 4.69) is 55.4 Å². The first-order chi connectivity index (χ1) is 8.65. The van der Waals surface area contributed by atoms with Crippen LogP contribution in [0.15, 0.2) is 30.3 Å². The molecule has 3 heteroatoms. The Kier molecular flexibility index (Phi) is 6.76. The summed E-state index contributed by atoms with van der Waals surface area (Å²) in [5, 5.41) is 3.49. The molecule has 2 atom stereocenters. The Morgan fingerprint density at radius 1 is 1.22 bits per heavy atom. The Morgan fingerprint density at radius 3 is 2.50 bits per heavy atom. The lowest BCUT2D eigenvalue weighted by molar-refractivity contribution is 0.0888. The Bertz CT molecular complexity index is 316. The topological polar surface area (TPSA) is 24.5 Å². The van der Waals surface area contributed by atoms with Crippen LogP contribution in [0.4, 0.5) is 5.69 Å². The molecule has 0 amide bonds. The van der Waals surface area contributed by atoms with Crippen LogP contribution in [0.5, 0.6) is 0 Å². The largest absolute Gasteiger partial charge is 0.380 e. The lowest BCUT2D eigenvalue weighted by atomic mass is 10.2. The maximum atomic E-state index is 5.29. The molecule has 0 bridgehead atoms. The Labute approximate surface area is 111 Å². The number of nitrogens with zero attached hydrogens (tertiary/aromatic N) is 1. The fraction of sp³-hybridized carbons (Fsp3) is 0.600. The van der Waals surface area contributed by atoms with Crippen molar-refractivity contribution in [1.29, 1.82) is 0 Å². The minimum Gasteiger partial charge on any atom is -0.380 e. The summed E-state index contributed by atoms with van der Waals surface area (Å²) in [7, 11) is 3.89. The predicted octanol–water partition coefficient (Wildman–Crippen LogP) is 2.53. The molecule has 0 aliphatic rings. The molecule has 0 aromatic heterocycles. The van der Waals surface area contributed by atoms with Gasteiger partial charge in [0.15, 0.2) is 0 Å². The molecule has 3 nitrogen and oxygen atoms in total. The summed E-state index contributed by atoms with van der Waals surface area (Å²) in [6.07, 6.45) is 1.39. The summed E-state index contributed by atoms with van der Waals surface area (Å²) in [5.41, 5.74) is 1.27. The third-order valence-corrected chi connectivity index (χ3v) is 3.41. The number of methoxy groups -OCH3 is 1. The number of nitrogens with one attached hydrogen (secondary N) is 1. The molecule has 0 radical (unpaired) electrons. The van der Waals surface area contributed by atoms with Crippen LogP contribution >= 0.6 is 0 Å². The molecule has 0 fully saturated rings. The minimum absolute atomic E-state index is 0.261. The van der Waals surface area contributed by atoms with Gasteiger partial charge < -0.3 is 15.0 Å². The van der Waals surface area contributed by atoms with Crippen molar-refractivity contribution in [3.8, 4) is 0 Å². The maximum Gasteiger partial charge on any atom is 0.0693 e. The van der Waals surface area contributed by atoms with E-state index in [-0.39, 0.29) is 6.10 Å². The van der Waals surface area contributed by atoms with E-state index < -0.39 is 0 Å². The average Bonchev–Trinajstić information content (AvgIpc) is 2.43. The van der Waals surface area contributed by atoms with Gasteiger partial charge in [0.2, 0.25) is 0 Å². The second kappa shape index (κ2) is 8.11. The van der Waals surface area contributed by atoms with Crippen molar-refractivity contribution in [2.75, 3.05) is 32.1 Å². The van der Waals surface area contributed by atoms with Gasteiger partial charge in [-0.15, -0.1) is 0 Å². The third-order valence-electron chi connectivity index (χ3n) is 3.41. The summed E-state index contributed by atoms with van der Waals surface area (Å²) in [5.74, 6) is 0. The molecule has 0 spiro atoms. The van der Waals surface area contributed by atoms with Crippen LogP contribution in [0.3, 0.4) is 0 Å². The fourth-order valence-electron chi connectivity index (χ4n) is 1.83. The van der Waals surface area contributed by atoms with Crippen molar-refractivity contribution in [1.82, 2.24) is 5.32 Å². The van der Waals surface area contributed by atoms with E-state index in [1.807, 2.05) is 6.07 Å². The van der Waals surface area contributed by atoms with E-state index in [4.69, 9.17) is 4.74 Å². The van der Waals surface area contributed by atoms with Gasteiger partial charge in [0.05, 0.1) is 6.10 Å². The molecule has 2 unspecified atom stereocenters. The van der Waals surface area contributed by atoms with Gasteiger partial charge in [-0.1, -0.05) is 18.2 Å². The monoisotopic (exact) mass is 250 g/mol. The number of para-hydroxylation sites is 1. The standard InChI is InChI=1S/C15H26N2O/c1-13(14(2)18-4)16-11-8-12-17(3)15-9-6-5-7-10-15/h5-7,9-10,13-14,16H,8,11-12H2,1-4H3. The molecule has 18 heavy (non-hydrogen) atoms. The summed E-state index contributed by atoms with van der Waals surface area (Å²) >= 11 is 0. The predicted molar refractivity (Wildman–Crippen MR) is 78.3 cm³/mol. The first kappa shape index (κ1) is 15.0. The van der Waals surface area contributed by atoms with Crippen LogP contribution in [0.25, 0.3) is 0 Å². The fourth-order valence-corrected chi connectivity index (χ4v) is 1.83. The highest BCUT2D eigenvalue weighted by Gasteiger charge is 2.09. The molecule has 0 aliphatic carbocycles. The van der Waals surface area contributed by atoms with Crippen LogP contribution in [0.1, 0.15) is 20.3 Å². The maximum absolute atomic E-state index is 5.29.